The number of amides is 2. The summed E-state index contributed by atoms with van der Waals surface area (Å²) in [5.74, 6) is -1.67. The van der Waals surface area contributed by atoms with Gasteiger partial charge in [-0.1, -0.05) is 156 Å². The van der Waals surface area contributed by atoms with Crippen LogP contribution in [0.25, 0.3) is 0 Å². The number of allylic oxidation sites excluding steroid dienone is 7. The molecule has 0 aromatic carbocycles. The number of halogens is 1. The topological polar surface area (TPSA) is 163 Å². The molecule has 0 spiro atoms. The third-order valence-electron chi connectivity index (χ3n) is 9.97. The molecule has 2 rings (SSSR count). The van der Waals surface area contributed by atoms with Gasteiger partial charge in [0, 0.05) is 41.9 Å². The molecule has 0 saturated heterocycles. The van der Waals surface area contributed by atoms with Crippen LogP contribution in [-0.2, 0) is 47.7 Å². The summed E-state index contributed by atoms with van der Waals surface area (Å²) >= 11 is 2.19. The van der Waals surface area contributed by atoms with Gasteiger partial charge in [0.15, 0.2) is 0 Å². The zero-order chi connectivity index (χ0) is 50.6. The molecule has 0 saturated carbocycles. The van der Waals surface area contributed by atoms with E-state index in [1.165, 1.54) is 17.7 Å². The minimum absolute atomic E-state index is 0.0197. The van der Waals surface area contributed by atoms with Crippen LogP contribution in [0.4, 0.5) is 0 Å². The van der Waals surface area contributed by atoms with Crippen molar-refractivity contribution in [1.82, 2.24) is 10.6 Å². The molecule has 66 heavy (non-hydrogen) atoms. The van der Waals surface area contributed by atoms with E-state index in [4.69, 9.17) is 18.9 Å². The smallest absolute Gasteiger partial charge is 0.333 e. The van der Waals surface area contributed by atoms with Crippen molar-refractivity contribution in [3.63, 3.8) is 0 Å². The second-order valence-corrected chi connectivity index (χ2v) is 19.0. The average molecular weight is 1030 g/mol. The molecule has 2 amide bonds. The van der Waals surface area contributed by atoms with E-state index in [0.717, 1.165) is 17.6 Å². The third-order valence-corrected chi connectivity index (χ3v) is 10.3. The molecule has 6 atom stereocenters. The van der Waals surface area contributed by atoms with Crippen molar-refractivity contribution in [2.45, 2.75) is 140 Å². The molecule has 0 unspecified atom stereocenters. The molecular weight excluding hydrogens is 951 g/mol. The lowest BCUT2D eigenvalue weighted by Gasteiger charge is -2.29. The Labute approximate surface area is 409 Å². The Kier molecular flexibility index (Phi) is 29.4. The molecule has 0 radical (unpaired) electrons. The van der Waals surface area contributed by atoms with Crippen molar-refractivity contribution in [3.8, 4) is 0 Å². The first-order valence-corrected chi connectivity index (χ1v) is 23.6. The van der Waals surface area contributed by atoms with Gasteiger partial charge >= 0.3 is 23.9 Å². The molecule has 0 aliphatic carbocycles. The Balaban J connectivity index is 0.00000105. The van der Waals surface area contributed by atoms with E-state index in [0.29, 0.717) is 24.8 Å². The number of esters is 4. The first-order valence-electron chi connectivity index (χ1n) is 22.3. The van der Waals surface area contributed by atoms with E-state index in [1.807, 2.05) is 89.9 Å². The van der Waals surface area contributed by atoms with Crippen LogP contribution >= 0.6 is 22.6 Å². The maximum atomic E-state index is 12.3. The molecule has 366 valence electrons. The van der Waals surface area contributed by atoms with Crippen LogP contribution in [-0.4, -0.2) is 73.2 Å². The van der Waals surface area contributed by atoms with E-state index < -0.39 is 34.9 Å². The van der Waals surface area contributed by atoms with Crippen LogP contribution in [0, 0.1) is 22.7 Å². The van der Waals surface area contributed by atoms with Gasteiger partial charge in [-0.2, -0.15) is 0 Å². The van der Waals surface area contributed by atoms with Crippen molar-refractivity contribution < 1.29 is 47.7 Å². The van der Waals surface area contributed by atoms with Gasteiger partial charge in [0.05, 0.1) is 13.2 Å². The molecule has 0 bridgehead atoms. The molecule has 2 heterocycles. The van der Waals surface area contributed by atoms with Crippen molar-refractivity contribution in [2.24, 2.45) is 22.7 Å². The number of hydrogen-bond acceptors (Lipinski definition) is 10. The molecule has 2 N–H and O–H groups in total. The molecule has 12 nitrogen and oxygen atoms in total. The quantitative estimate of drug-likeness (QED) is 0.0242. The second kappa shape index (κ2) is 31.8. The Hall–Kier alpha value is -5.05. The van der Waals surface area contributed by atoms with Gasteiger partial charge in [-0.3, -0.25) is 9.59 Å². The molecular formula is C53H77IN2O10. The number of carbonyl (C=O) groups excluding carboxylic acids is 6. The number of cyclic esters (lactones) is 2. The van der Waals surface area contributed by atoms with Gasteiger partial charge in [0.25, 0.3) is 0 Å². The standard InChI is InChI=1S/C26H37NO5.C14H23NO3.C13H17IO2/c1-8-9-16-31-25(30)23(26(5,6)7)27-22(28)13-11-10-12-18(2)17-20(4)21-15-14-19(3)24(29)32-21;1-6-8-10-18-13(17)12(14(3,4)5)15-11(16)9-7-2;1-9(6-7-14)8-11(3)12-5-4-10(2)13(15)16-12/h8,10-14,17,20-21,23H,1,9,15-16H2,2-7H3,(H,27,28);6-7,9,12H,1,8,10H2,2-5H3,(H,15,16);4,6-8,11-12H,5H2,1-3H3/b12-10-,13-11-,18-17+;9-7-;7-6-,9-8+/t20-,21-,23+;12-;11-,12-/m010/s1. The van der Waals surface area contributed by atoms with Gasteiger partial charge in [-0.25, -0.2) is 19.2 Å². The zero-order valence-corrected chi connectivity index (χ0v) is 43.8. The van der Waals surface area contributed by atoms with Crippen LogP contribution in [0.5, 0.6) is 0 Å². The molecule has 0 aromatic heterocycles. The van der Waals surface area contributed by atoms with E-state index in [9.17, 15) is 28.8 Å². The number of nitrogens with one attached hydrogen (secondary N) is 2. The van der Waals surface area contributed by atoms with Crippen molar-refractivity contribution in [3.05, 3.63) is 119 Å². The summed E-state index contributed by atoms with van der Waals surface area (Å²) in [7, 11) is 0. The fourth-order valence-corrected chi connectivity index (χ4v) is 6.57. The minimum Gasteiger partial charge on any atom is -0.464 e. The Bertz CT molecular complexity index is 1900. The molecule has 13 heteroatoms. The lowest BCUT2D eigenvalue weighted by atomic mass is 9.86. The summed E-state index contributed by atoms with van der Waals surface area (Å²) in [5.41, 5.74) is 2.67. The lowest BCUT2D eigenvalue weighted by molar-refractivity contribution is -0.151. The summed E-state index contributed by atoms with van der Waals surface area (Å²) in [5, 5.41) is 5.38. The first kappa shape index (κ1) is 60.9. The van der Waals surface area contributed by atoms with Crippen LogP contribution in [0.2, 0.25) is 0 Å². The highest BCUT2D eigenvalue weighted by Gasteiger charge is 2.35. The van der Waals surface area contributed by atoms with E-state index in [-0.39, 0.29) is 61.0 Å². The summed E-state index contributed by atoms with van der Waals surface area (Å²) in [6.07, 6.45) is 25.6. The van der Waals surface area contributed by atoms with E-state index in [2.05, 4.69) is 66.3 Å². The molecule has 2 aliphatic heterocycles. The fraction of sp³-hybridized carbons (Fsp3) is 0.509. The highest BCUT2D eigenvalue weighted by atomic mass is 127. The van der Waals surface area contributed by atoms with Crippen molar-refractivity contribution >= 4 is 58.3 Å². The zero-order valence-electron chi connectivity index (χ0n) is 41.7. The second-order valence-electron chi connectivity index (χ2n) is 18.3. The van der Waals surface area contributed by atoms with Crippen LogP contribution in [0.15, 0.2) is 119 Å². The monoisotopic (exact) mass is 1030 g/mol. The van der Waals surface area contributed by atoms with Crippen molar-refractivity contribution in [1.29, 1.82) is 0 Å². The molecule has 0 fully saturated rings. The van der Waals surface area contributed by atoms with Gasteiger partial charge in [-0.05, 0) is 68.4 Å². The highest BCUT2D eigenvalue weighted by Crippen LogP contribution is 2.25. The number of ether oxygens (including phenoxy) is 4. The normalized spacial score (nSPS) is 18.8. The van der Waals surface area contributed by atoms with Crippen molar-refractivity contribution in [2.75, 3.05) is 13.2 Å². The Morgan fingerprint density at radius 3 is 1.44 bits per heavy atom. The average Bonchev–Trinajstić information content (AvgIpc) is 3.22. The van der Waals surface area contributed by atoms with Gasteiger partial charge in [-0.15, -0.1) is 13.2 Å². The highest BCUT2D eigenvalue weighted by molar-refractivity contribution is 14.1. The molecule has 2 aliphatic rings. The SMILES string of the molecule is C=CCCOC(=O)[C@@H](NC(=O)/C=C\C)C(C)(C)C.C=CCCOC(=O)[C@@H](NC(=O)\C=C/C=C\C(C)=C\[C@H](C)[C@@H]1CC=C(C)C(=O)O1)C(C)(C)C.CC1=CC[C@@H]([C@@H](C)/C=C(C)/C=C\I)OC1=O. The predicted octanol–water partition coefficient (Wildman–Crippen LogP) is 10.6. The van der Waals surface area contributed by atoms with Gasteiger partial charge in [0.2, 0.25) is 11.8 Å². The van der Waals surface area contributed by atoms with Gasteiger partial charge in [0.1, 0.15) is 24.3 Å². The summed E-state index contributed by atoms with van der Waals surface area (Å²) < 4.78 is 23.1. The van der Waals surface area contributed by atoms with E-state index >= 15 is 0 Å². The maximum absolute atomic E-state index is 12.3. The Morgan fingerprint density at radius 2 is 1.09 bits per heavy atom. The largest absolute Gasteiger partial charge is 0.464 e. The summed E-state index contributed by atoms with van der Waals surface area (Å²) in [6.45, 7) is 32.3. The number of carbonyl (C=O) groups is 6. The summed E-state index contributed by atoms with van der Waals surface area (Å²) in [4.78, 5) is 71.2. The number of hydrogen-bond donors (Lipinski definition) is 2. The summed E-state index contributed by atoms with van der Waals surface area (Å²) in [6, 6.07) is -1.42. The first-order chi connectivity index (χ1) is 30.8. The van der Waals surface area contributed by atoms with Crippen LogP contribution < -0.4 is 10.6 Å². The van der Waals surface area contributed by atoms with Crippen LogP contribution in [0.3, 0.4) is 0 Å². The van der Waals surface area contributed by atoms with E-state index in [1.54, 1.807) is 51.2 Å². The fourth-order valence-electron chi connectivity index (χ4n) is 6.00. The maximum Gasteiger partial charge on any atom is 0.333 e. The predicted molar refractivity (Wildman–Crippen MR) is 273 cm³/mol. The lowest BCUT2D eigenvalue weighted by Crippen LogP contribution is -2.49. The Morgan fingerprint density at radius 1 is 0.712 bits per heavy atom. The minimum atomic E-state index is -0.758. The van der Waals surface area contributed by atoms with Crippen LogP contribution in [0.1, 0.15) is 116 Å². The number of rotatable bonds is 19. The van der Waals surface area contributed by atoms with Gasteiger partial charge < -0.3 is 29.6 Å². The molecule has 0 aromatic rings. The third kappa shape index (κ3) is 25.6.